The summed E-state index contributed by atoms with van der Waals surface area (Å²) in [6.07, 6.45) is 0. The fraction of sp³-hybridized carbons (Fsp3) is 0.235. The quantitative estimate of drug-likeness (QED) is 0.899. The molecule has 120 valence electrons. The molecule has 0 aromatic heterocycles. The van der Waals surface area contributed by atoms with Crippen LogP contribution in [0.4, 0.5) is 21.9 Å². The first-order chi connectivity index (χ1) is 11.2. The summed E-state index contributed by atoms with van der Waals surface area (Å²) >= 11 is 6.06. The Labute approximate surface area is 140 Å². The van der Waals surface area contributed by atoms with Gasteiger partial charge in [-0.2, -0.15) is 0 Å². The Balaban J connectivity index is 1.72. The van der Waals surface area contributed by atoms with Gasteiger partial charge in [0.05, 0.1) is 35.3 Å². The fourth-order valence-electron chi connectivity index (χ4n) is 2.50. The van der Waals surface area contributed by atoms with Gasteiger partial charge in [-0.25, -0.2) is 4.79 Å². The third-order valence-electron chi connectivity index (χ3n) is 3.63. The van der Waals surface area contributed by atoms with Crippen molar-refractivity contribution >= 4 is 34.7 Å². The predicted molar refractivity (Wildman–Crippen MR) is 93.6 cm³/mol. The van der Waals surface area contributed by atoms with E-state index in [1.807, 2.05) is 36.4 Å². The molecule has 0 spiro atoms. The lowest BCUT2D eigenvalue weighted by atomic mass is 10.2. The molecule has 23 heavy (non-hydrogen) atoms. The lowest BCUT2D eigenvalue weighted by Gasteiger charge is -2.30. The topological polar surface area (TPSA) is 53.6 Å². The summed E-state index contributed by atoms with van der Waals surface area (Å²) in [5.41, 5.74) is 2.33. The molecule has 0 atom stereocenters. The third kappa shape index (κ3) is 3.94. The number of para-hydroxylation sites is 3. The minimum atomic E-state index is -0.321. The van der Waals surface area contributed by atoms with E-state index in [2.05, 4.69) is 15.5 Å². The molecule has 1 fully saturated rings. The maximum atomic E-state index is 12.2. The second kappa shape index (κ2) is 7.35. The highest BCUT2D eigenvalue weighted by atomic mass is 35.5. The maximum absolute atomic E-state index is 12.2. The van der Waals surface area contributed by atoms with E-state index in [0.29, 0.717) is 23.9 Å². The highest BCUT2D eigenvalue weighted by Gasteiger charge is 2.15. The summed E-state index contributed by atoms with van der Waals surface area (Å²) in [5.74, 6) is 0. The average Bonchev–Trinajstić information content (AvgIpc) is 2.58. The molecule has 2 N–H and O–H groups in total. The summed E-state index contributed by atoms with van der Waals surface area (Å²) < 4.78 is 5.38. The first-order valence-corrected chi connectivity index (χ1v) is 7.86. The molecule has 5 nitrogen and oxygen atoms in total. The summed E-state index contributed by atoms with van der Waals surface area (Å²) in [6, 6.07) is 14.6. The van der Waals surface area contributed by atoms with Crippen LogP contribution in [0.15, 0.2) is 48.5 Å². The van der Waals surface area contributed by atoms with Gasteiger partial charge in [-0.15, -0.1) is 0 Å². The van der Waals surface area contributed by atoms with Crippen LogP contribution in [-0.2, 0) is 4.74 Å². The smallest absolute Gasteiger partial charge is 0.323 e. The van der Waals surface area contributed by atoms with Gasteiger partial charge < -0.3 is 20.3 Å². The fourth-order valence-corrected chi connectivity index (χ4v) is 2.68. The highest BCUT2D eigenvalue weighted by Crippen LogP contribution is 2.27. The van der Waals surface area contributed by atoms with E-state index in [-0.39, 0.29) is 6.03 Å². The molecule has 1 saturated heterocycles. The average molecular weight is 332 g/mol. The molecule has 1 heterocycles. The molecule has 2 aromatic rings. The van der Waals surface area contributed by atoms with Crippen molar-refractivity contribution in [1.29, 1.82) is 0 Å². The third-order valence-corrected chi connectivity index (χ3v) is 3.96. The zero-order valence-electron chi connectivity index (χ0n) is 12.6. The van der Waals surface area contributed by atoms with E-state index in [9.17, 15) is 4.79 Å². The molecule has 0 radical (unpaired) electrons. The Morgan fingerprint density at radius 2 is 1.57 bits per heavy atom. The number of halogens is 1. The molecular weight excluding hydrogens is 314 g/mol. The van der Waals surface area contributed by atoms with E-state index in [0.717, 1.165) is 24.5 Å². The number of amides is 2. The van der Waals surface area contributed by atoms with Crippen LogP contribution in [0.25, 0.3) is 0 Å². The molecule has 2 aromatic carbocycles. The van der Waals surface area contributed by atoms with Crippen molar-refractivity contribution in [1.82, 2.24) is 0 Å². The Morgan fingerprint density at radius 1 is 0.957 bits per heavy atom. The monoisotopic (exact) mass is 331 g/mol. The lowest BCUT2D eigenvalue weighted by molar-refractivity contribution is 0.123. The molecule has 1 aliphatic heterocycles. The number of hydrogen-bond acceptors (Lipinski definition) is 3. The number of benzene rings is 2. The number of anilines is 3. The molecule has 6 heteroatoms. The van der Waals surface area contributed by atoms with E-state index >= 15 is 0 Å². The lowest BCUT2D eigenvalue weighted by Crippen LogP contribution is -2.37. The van der Waals surface area contributed by atoms with Crippen LogP contribution in [0.1, 0.15) is 0 Å². The van der Waals surface area contributed by atoms with Gasteiger partial charge in [0.25, 0.3) is 0 Å². The van der Waals surface area contributed by atoms with Crippen LogP contribution in [0.5, 0.6) is 0 Å². The number of morpholine rings is 1. The van der Waals surface area contributed by atoms with Crippen LogP contribution in [0, 0.1) is 0 Å². The number of nitrogens with zero attached hydrogens (tertiary/aromatic N) is 1. The van der Waals surface area contributed by atoms with Crippen molar-refractivity contribution in [3.05, 3.63) is 53.6 Å². The van der Waals surface area contributed by atoms with Crippen molar-refractivity contribution in [2.75, 3.05) is 41.8 Å². The zero-order chi connectivity index (χ0) is 16.1. The van der Waals surface area contributed by atoms with Crippen molar-refractivity contribution < 1.29 is 9.53 Å². The zero-order valence-corrected chi connectivity index (χ0v) is 13.3. The number of carbonyl (C=O) groups excluding carboxylic acids is 1. The van der Waals surface area contributed by atoms with E-state index in [1.54, 1.807) is 12.1 Å². The van der Waals surface area contributed by atoms with E-state index in [4.69, 9.17) is 16.3 Å². The summed E-state index contributed by atoms with van der Waals surface area (Å²) in [5, 5.41) is 6.16. The standard InChI is InChI=1S/C17H18ClN3O2/c18-13-5-1-2-6-14(13)19-17(22)20-15-7-3-4-8-16(15)21-9-11-23-12-10-21/h1-8H,9-12H2,(H2,19,20,22). The number of carbonyl (C=O) groups is 1. The molecule has 2 amide bonds. The van der Waals surface area contributed by atoms with Gasteiger partial charge in [0.15, 0.2) is 0 Å². The maximum Gasteiger partial charge on any atom is 0.323 e. The Morgan fingerprint density at radius 3 is 2.30 bits per heavy atom. The minimum absolute atomic E-state index is 0.321. The van der Waals surface area contributed by atoms with Crippen LogP contribution in [-0.4, -0.2) is 32.3 Å². The molecule has 0 unspecified atom stereocenters. The predicted octanol–water partition coefficient (Wildman–Crippen LogP) is 3.82. The highest BCUT2D eigenvalue weighted by molar-refractivity contribution is 6.33. The van der Waals surface area contributed by atoms with Gasteiger partial charge in [-0.05, 0) is 24.3 Å². The number of hydrogen-bond donors (Lipinski definition) is 2. The molecule has 0 bridgehead atoms. The normalized spacial score (nSPS) is 14.4. The molecule has 1 aliphatic rings. The van der Waals surface area contributed by atoms with Crippen molar-refractivity contribution in [3.63, 3.8) is 0 Å². The largest absolute Gasteiger partial charge is 0.378 e. The second-order valence-corrected chi connectivity index (χ2v) is 5.58. The minimum Gasteiger partial charge on any atom is -0.378 e. The molecule has 0 saturated carbocycles. The first-order valence-electron chi connectivity index (χ1n) is 7.48. The van der Waals surface area contributed by atoms with Crippen LogP contribution in [0.2, 0.25) is 5.02 Å². The van der Waals surface area contributed by atoms with Crippen LogP contribution >= 0.6 is 11.6 Å². The Hall–Kier alpha value is -2.24. The van der Waals surface area contributed by atoms with E-state index < -0.39 is 0 Å². The number of rotatable bonds is 3. The Bertz CT molecular complexity index is 687. The van der Waals surface area contributed by atoms with E-state index in [1.165, 1.54) is 0 Å². The van der Waals surface area contributed by atoms with Gasteiger partial charge in [0, 0.05) is 13.1 Å². The number of ether oxygens (including phenoxy) is 1. The van der Waals surface area contributed by atoms with Gasteiger partial charge in [0.2, 0.25) is 0 Å². The number of nitrogens with one attached hydrogen (secondary N) is 2. The molecular formula is C17H18ClN3O2. The van der Waals surface area contributed by atoms with Gasteiger partial charge in [-0.1, -0.05) is 35.9 Å². The van der Waals surface area contributed by atoms with Crippen molar-refractivity contribution in [2.45, 2.75) is 0 Å². The Kier molecular flexibility index (Phi) is 5.00. The molecule has 3 rings (SSSR count). The first kappa shape index (κ1) is 15.6. The molecule has 0 aliphatic carbocycles. The summed E-state index contributed by atoms with van der Waals surface area (Å²) in [7, 11) is 0. The summed E-state index contributed by atoms with van der Waals surface area (Å²) in [6.45, 7) is 3.01. The van der Waals surface area contributed by atoms with Gasteiger partial charge in [0.1, 0.15) is 0 Å². The van der Waals surface area contributed by atoms with Gasteiger partial charge in [-0.3, -0.25) is 0 Å². The van der Waals surface area contributed by atoms with Gasteiger partial charge >= 0.3 is 6.03 Å². The number of urea groups is 1. The van der Waals surface area contributed by atoms with Crippen molar-refractivity contribution in [3.8, 4) is 0 Å². The summed E-state index contributed by atoms with van der Waals surface area (Å²) in [4.78, 5) is 14.4. The SMILES string of the molecule is O=C(Nc1ccccc1Cl)Nc1ccccc1N1CCOCC1. The van der Waals surface area contributed by atoms with Crippen LogP contribution < -0.4 is 15.5 Å². The van der Waals surface area contributed by atoms with Crippen LogP contribution in [0.3, 0.4) is 0 Å². The van der Waals surface area contributed by atoms with Crippen molar-refractivity contribution in [2.24, 2.45) is 0 Å². The second-order valence-electron chi connectivity index (χ2n) is 5.18.